The molecule has 0 radical (unpaired) electrons. The maximum absolute atomic E-state index is 12.2. The van der Waals surface area contributed by atoms with Gasteiger partial charge in [-0.2, -0.15) is 0 Å². The Kier molecular flexibility index (Phi) is 5.81. The Hall–Kier alpha value is -3.58. The fraction of sp³-hybridized carbons (Fsp3) is 0.0435. The van der Waals surface area contributed by atoms with Crippen molar-refractivity contribution in [1.82, 2.24) is 4.98 Å². The Labute approximate surface area is 182 Å². The van der Waals surface area contributed by atoms with Gasteiger partial charge in [0.05, 0.1) is 7.11 Å². The number of amides is 2. The van der Waals surface area contributed by atoms with Crippen LogP contribution in [0.2, 0.25) is 0 Å². The molecule has 7 heteroatoms. The summed E-state index contributed by atoms with van der Waals surface area (Å²) in [6.07, 6.45) is 1.63. The van der Waals surface area contributed by atoms with Crippen molar-refractivity contribution < 1.29 is 13.9 Å². The summed E-state index contributed by atoms with van der Waals surface area (Å²) in [4.78, 5) is 16.8. The lowest BCUT2D eigenvalue weighted by Crippen LogP contribution is -2.19. The molecule has 0 aliphatic rings. The Balaban J connectivity index is 1.42. The van der Waals surface area contributed by atoms with E-state index in [4.69, 9.17) is 9.15 Å². The molecule has 0 aliphatic carbocycles. The molecule has 30 heavy (non-hydrogen) atoms. The zero-order chi connectivity index (χ0) is 20.9. The standard InChI is InChI=1S/C23H18BrN3O3/c1-29-20-7-3-6-19(13-20)26-23(28)25-18-10-8-15(9-11-18)22-27-21(14-30-22)16-4-2-5-17(24)12-16/h2-14H,1H3,(H2,25,26,28). The van der Waals surface area contributed by atoms with Gasteiger partial charge in [0.1, 0.15) is 17.7 Å². The zero-order valence-electron chi connectivity index (χ0n) is 16.1. The van der Waals surface area contributed by atoms with Crippen LogP contribution in [0.15, 0.2) is 87.9 Å². The van der Waals surface area contributed by atoms with E-state index < -0.39 is 0 Å². The number of nitrogens with one attached hydrogen (secondary N) is 2. The molecule has 2 amide bonds. The molecule has 0 saturated carbocycles. The third-order valence-corrected chi connectivity index (χ3v) is 4.84. The number of nitrogens with zero attached hydrogens (tertiary/aromatic N) is 1. The molecule has 4 aromatic rings. The number of rotatable bonds is 5. The van der Waals surface area contributed by atoms with E-state index in [-0.39, 0.29) is 6.03 Å². The highest BCUT2D eigenvalue weighted by molar-refractivity contribution is 9.10. The number of halogens is 1. The average molecular weight is 464 g/mol. The molecule has 1 aromatic heterocycles. The van der Waals surface area contributed by atoms with Crippen molar-refractivity contribution in [3.8, 4) is 28.5 Å². The van der Waals surface area contributed by atoms with Crippen LogP contribution < -0.4 is 15.4 Å². The molecule has 0 spiro atoms. The van der Waals surface area contributed by atoms with Crippen LogP contribution >= 0.6 is 15.9 Å². The second kappa shape index (κ2) is 8.84. The molecule has 0 bridgehead atoms. The van der Waals surface area contributed by atoms with Gasteiger partial charge < -0.3 is 19.8 Å². The summed E-state index contributed by atoms with van der Waals surface area (Å²) in [5.41, 5.74) is 3.83. The van der Waals surface area contributed by atoms with Gasteiger partial charge in [0, 0.05) is 33.0 Å². The topological polar surface area (TPSA) is 76.4 Å². The van der Waals surface area contributed by atoms with Crippen molar-refractivity contribution in [3.63, 3.8) is 0 Å². The van der Waals surface area contributed by atoms with Crippen LogP contribution in [0.5, 0.6) is 5.75 Å². The van der Waals surface area contributed by atoms with Gasteiger partial charge in [-0.1, -0.05) is 34.1 Å². The van der Waals surface area contributed by atoms with Crippen LogP contribution in [0.3, 0.4) is 0 Å². The first-order valence-corrected chi connectivity index (χ1v) is 9.94. The number of carbonyl (C=O) groups is 1. The normalized spacial score (nSPS) is 10.5. The largest absolute Gasteiger partial charge is 0.497 e. The van der Waals surface area contributed by atoms with Crippen LogP contribution in [0, 0.1) is 0 Å². The van der Waals surface area contributed by atoms with E-state index in [0.29, 0.717) is 23.0 Å². The monoisotopic (exact) mass is 463 g/mol. The third kappa shape index (κ3) is 4.69. The van der Waals surface area contributed by atoms with Crippen LogP contribution in [0.1, 0.15) is 0 Å². The summed E-state index contributed by atoms with van der Waals surface area (Å²) in [5, 5.41) is 5.57. The Bertz CT molecular complexity index is 1170. The number of urea groups is 1. The first kappa shape index (κ1) is 19.7. The highest BCUT2D eigenvalue weighted by Gasteiger charge is 2.10. The van der Waals surface area contributed by atoms with Gasteiger partial charge in [0.15, 0.2) is 0 Å². The van der Waals surface area contributed by atoms with E-state index in [2.05, 4.69) is 31.5 Å². The number of hydrogen-bond donors (Lipinski definition) is 2. The van der Waals surface area contributed by atoms with Crippen molar-refractivity contribution in [1.29, 1.82) is 0 Å². The SMILES string of the molecule is COc1cccc(NC(=O)Nc2ccc(-c3nc(-c4cccc(Br)c4)co3)cc2)c1. The van der Waals surface area contributed by atoms with E-state index in [1.807, 2.05) is 48.5 Å². The Morgan fingerprint density at radius 2 is 1.70 bits per heavy atom. The van der Waals surface area contributed by atoms with Crippen molar-refractivity contribution in [3.05, 3.63) is 83.5 Å². The van der Waals surface area contributed by atoms with Crippen LogP contribution in [0.25, 0.3) is 22.7 Å². The molecule has 3 aromatic carbocycles. The number of aromatic nitrogens is 1. The minimum Gasteiger partial charge on any atom is -0.497 e. The summed E-state index contributed by atoms with van der Waals surface area (Å²) < 4.78 is 11.8. The second-order valence-corrected chi connectivity index (χ2v) is 7.35. The molecule has 0 unspecified atom stereocenters. The van der Waals surface area contributed by atoms with E-state index in [9.17, 15) is 4.79 Å². The van der Waals surface area contributed by atoms with Gasteiger partial charge in [0.25, 0.3) is 0 Å². The quantitative estimate of drug-likeness (QED) is 0.357. The predicted octanol–water partition coefficient (Wildman–Crippen LogP) is 6.42. The maximum Gasteiger partial charge on any atom is 0.323 e. The summed E-state index contributed by atoms with van der Waals surface area (Å²) >= 11 is 3.46. The highest BCUT2D eigenvalue weighted by atomic mass is 79.9. The maximum atomic E-state index is 12.2. The lowest BCUT2D eigenvalue weighted by molar-refractivity contribution is 0.262. The van der Waals surface area contributed by atoms with Gasteiger partial charge in [-0.3, -0.25) is 0 Å². The third-order valence-electron chi connectivity index (χ3n) is 4.34. The molecule has 0 fully saturated rings. The highest BCUT2D eigenvalue weighted by Crippen LogP contribution is 2.27. The molecule has 150 valence electrons. The molecular formula is C23H18BrN3O3. The second-order valence-electron chi connectivity index (χ2n) is 6.44. The predicted molar refractivity (Wildman–Crippen MR) is 121 cm³/mol. The molecule has 6 nitrogen and oxygen atoms in total. The number of hydrogen-bond acceptors (Lipinski definition) is 4. The van der Waals surface area contributed by atoms with Crippen LogP contribution in [-0.2, 0) is 0 Å². The molecular weight excluding hydrogens is 446 g/mol. The molecule has 0 saturated heterocycles. The summed E-state index contributed by atoms with van der Waals surface area (Å²) in [7, 11) is 1.58. The summed E-state index contributed by atoms with van der Waals surface area (Å²) in [6.45, 7) is 0. The Morgan fingerprint density at radius 3 is 2.47 bits per heavy atom. The minimum atomic E-state index is -0.343. The van der Waals surface area contributed by atoms with Crippen LogP contribution in [-0.4, -0.2) is 18.1 Å². The van der Waals surface area contributed by atoms with Crippen LogP contribution in [0.4, 0.5) is 16.2 Å². The number of benzene rings is 3. The smallest absolute Gasteiger partial charge is 0.323 e. The lowest BCUT2D eigenvalue weighted by Gasteiger charge is -2.09. The van der Waals surface area contributed by atoms with Crippen molar-refractivity contribution >= 4 is 33.3 Å². The van der Waals surface area contributed by atoms with Crippen molar-refractivity contribution in [2.24, 2.45) is 0 Å². The van der Waals surface area contributed by atoms with Gasteiger partial charge >= 0.3 is 6.03 Å². The lowest BCUT2D eigenvalue weighted by atomic mass is 10.2. The summed E-state index contributed by atoms with van der Waals surface area (Å²) in [6, 6.07) is 22.0. The molecule has 1 heterocycles. The Morgan fingerprint density at radius 1 is 0.933 bits per heavy atom. The van der Waals surface area contributed by atoms with Gasteiger partial charge in [-0.15, -0.1) is 0 Å². The van der Waals surface area contributed by atoms with Crippen molar-refractivity contribution in [2.75, 3.05) is 17.7 Å². The van der Waals surface area contributed by atoms with E-state index in [1.54, 1.807) is 37.6 Å². The minimum absolute atomic E-state index is 0.343. The molecule has 0 aliphatic heterocycles. The number of methoxy groups -OCH3 is 1. The first-order chi connectivity index (χ1) is 14.6. The van der Waals surface area contributed by atoms with E-state index >= 15 is 0 Å². The number of anilines is 2. The van der Waals surface area contributed by atoms with Gasteiger partial charge in [0.2, 0.25) is 5.89 Å². The number of carbonyl (C=O) groups excluding carboxylic acids is 1. The summed E-state index contributed by atoms with van der Waals surface area (Å²) in [5.74, 6) is 1.18. The average Bonchev–Trinajstić information content (AvgIpc) is 3.25. The van der Waals surface area contributed by atoms with E-state index in [0.717, 1.165) is 21.3 Å². The molecule has 4 rings (SSSR count). The zero-order valence-corrected chi connectivity index (χ0v) is 17.6. The van der Waals surface area contributed by atoms with Crippen molar-refractivity contribution in [2.45, 2.75) is 0 Å². The number of oxazole rings is 1. The van der Waals surface area contributed by atoms with E-state index in [1.165, 1.54) is 0 Å². The molecule has 2 N–H and O–H groups in total. The molecule has 0 atom stereocenters. The van der Waals surface area contributed by atoms with Gasteiger partial charge in [-0.25, -0.2) is 9.78 Å². The number of ether oxygens (including phenoxy) is 1. The van der Waals surface area contributed by atoms with Gasteiger partial charge in [-0.05, 0) is 48.5 Å². The fourth-order valence-corrected chi connectivity index (χ4v) is 3.28. The first-order valence-electron chi connectivity index (χ1n) is 9.15. The fourth-order valence-electron chi connectivity index (χ4n) is 2.88.